The van der Waals surface area contributed by atoms with Gasteiger partial charge in [-0.1, -0.05) is 11.6 Å². The summed E-state index contributed by atoms with van der Waals surface area (Å²) in [7, 11) is 0. The summed E-state index contributed by atoms with van der Waals surface area (Å²) < 4.78 is 0. The molecule has 2 rings (SSSR count). The molecule has 0 amide bonds. The normalized spacial score (nSPS) is 15.5. The second-order valence-electron chi connectivity index (χ2n) is 4.28. The number of rotatable bonds is 3. The predicted octanol–water partition coefficient (Wildman–Crippen LogP) is 3.05. The predicted molar refractivity (Wildman–Crippen MR) is 69.6 cm³/mol. The van der Waals surface area contributed by atoms with Gasteiger partial charge in [0.2, 0.25) is 0 Å². The van der Waals surface area contributed by atoms with Gasteiger partial charge < -0.3 is 4.90 Å². The molecule has 1 aromatic rings. The first-order valence-corrected chi connectivity index (χ1v) is 6.19. The number of hydrogen-bond acceptors (Lipinski definition) is 4. The van der Waals surface area contributed by atoms with E-state index in [0.717, 1.165) is 31.6 Å². The van der Waals surface area contributed by atoms with Crippen LogP contribution in [0.1, 0.15) is 29.6 Å². The number of nitrogens with zero attached hydrogens (tertiary/aromatic N) is 2. The van der Waals surface area contributed by atoms with Crippen molar-refractivity contribution in [2.75, 3.05) is 18.0 Å². The van der Waals surface area contributed by atoms with Crippen molar-refractivity contribution in [2.45, 2.75) is 19.3 Å². The number of hydrogen-bond donors (Lipinski definition) is 0. The minimum absolute atomic E-state index is 0.0533. The molecule has 0 aliphatic carbocycles. The van der Waals surface area contributed by atoms with Crippen molar-refractivity contribution >= 4 is 29.3 Å². The van der Waals surface area contributed by atoms with Gasteiger partial charge in [-0.3, -0.25) is 14.9 Å². The molecule has 1 aromatic carbocycles. The molecule has 96 valence electrons. The first kappa shape index (κ1) is 12.8. The van der Waals surface area contributed by atoms with Gasteiger partial charge in [0.25, 0.3) is 5.69 Å². The molecular weight excluding hydrogens is 256 g/mol. The van der Waals surface area contributed by atoms with Crippen LogP contribution < -0.4 is 4.90 Å². The van der Waals surface area contributed by atoms with Crippen molar-refractivity contribution in [1.82, 2.24) is 0 Å². The molecule has 0 spiro atoms. The molecule has 6 heteroatoms. The van der Waals surface area contributed by atoms with E-state index in [9.17, 15) is 14.9 Å². The number of benzene rings is 1. The lowest BCUT2D eigenvalue weighted by Gasteiger charge is -2.28. The molecule has 0 atom stereocenters. The van der Waals surface area contributed by atoms with Crippen LogP contribution in [0.25, 0.3) is 0 Å². The number of nitro benzene ring substituents is 1. The lowest BCUT2D eigenvalue weighted by molar-refractivity contribution is -0.385. The fourth-order valence-corrected chi connectivity index (χ4v) is 2.44. The molecule has 0 aromatic heterocycles. The maximum Gasteiger partial charge on any atom is 0.283 e. The lowest BCUT2D eigenvalue weighted by atomic mass is 10.1. The maximum absolute atomic E-state index is 10.9. The molecule has 1 fully saturated rings. The van der Waals surface area contributed by atoms with Crippen molar-refractivity contribution < 1.29 is 9.72 Å². The van der Waals surface area contributed by atoms with E-state index in [2.05, 4.69) is 4.90 Å². The van der Waals surface area contributed by atoms with Crippen LogP contribution in [-0.4, -0.2) is 24.3 Å². The van der Waals surface area contributed by atoms with E-state index >= 15 is 0 Å². The van der Waals surface area contributed by atoms with E-state index in [4.69, 9.17) is 11.6 Å². The quantitative estimate of drug-likeness (QED) is 0.480. The van der Waals surface area contributed by atoms with Crippen molar-refractivity contribution in [3.8, 4) is 0 Å². The molecule has 0 N–H and O–H groups in total. The van der Waals surface area contributed by atoms with E-state index in [1.165, 1.54) is 12.5 Å². The average Bonchev–Trinajstić information content (AvgIpc) is 2.38. The number of carbonyl (C=O) groups is 1. The zero-order chi connectivity index (χ0) is 13.1. The van der Waals surface area contributed by atoms with Crippen molar-refractivity contribution in [2.24, 2.45) is 0 Å². The Morgan fingerprint density at radius 3 is 2.50 bits per heavy atom. The third-order valence-corrected chi connectivity index (χ3v) is 3.44. The minimum atomic E-state index is -0.566. The standard InChI is InChI=1S/C12H13ClN2O3/c13-11-6-9(14-4-2-1-3-5-14)7-12(15(17)18)10(11)8-16/h6-8H,1-5H2. The lowest BCUT2D eigenvalue weighted by Crippen LogP contribution is -2.29. The summed E-state index contributed by atoms with van der Waals surface area (Å²) in [5.74, 6) is 0. The van der Waals surface area contributed by atoms with Crippen LogP contribution >= 0.6 is 11.6 Å². The fraction of sp³-hybridized carbons (Fsp3) is 0.417. The van der Waals surface area contributed by atoms with Crippen molar-refractivity contribution in [1.29, 1.82) is 0 Å². The number of carbonyl (C=O) groups excluding carboxylic acids is 1. The van der Waals surface area contributed by atoms with Gasteiger partial charge in [0.15, 0.2) is 6.29 Å². The summed E-state index contributed by atoms with van der Waals surface area (Å²) in [5, 5.41) is 11.1. The highest BCUT2D eigenvalue weighted by Crippen LogP contribution is 2.32. The van der Waals surface area contributed by atoms with Crippen molar-refractivity contribution in [3.63, 3.8) is 0 Å². The Labute approximate surface area is 109 Å². The second kappa shape index (κ2) is 5.35. The van der Waals surface area contributed by atoms with Gasteiger partial charge in [0, 0.05) is 24.8 Å². The highest BCUT2D eigenvalue weighted by molar-refractivity contribution is 6.33. The van der Waals surface area contributed by atoms with Crippen LogP contribution in [0.15, 0.2) is 12.1 Å². The third kappa shape index (κ3) is 2.46. The number of piperidine rings is 1. The molecule has 1 saturated heterocycles. The Hall–Kier alpha value is -1.62. The molecule has 0 bridgehead atoms. The van der Waals surface area contributed by atoms with Gasteiger partial charge in [-0.25, -0.2) is 0 Å². The van der Waals surface area contributed by atoms with E-state index < -0.39 is 4.92 Å². The summed E-state index contributed by atoms with van der Waals surface area (Å²) in [5.41, 5.74) is 0.442. The van der Waals surface area contributed by atoms with Crippen LogP contribution in [0.3, 0.4) is 0 Å². The third-order valence-electron chi connectivity index (χ3n) is 3.13. The minimum Gasteiger partial charge on any atom is -0.371 e. The monoisotopic (exact) mass is 268 g/mol. The molecule has 0 unspecified atom stereocenters. The molecule has 5 nitrogen and oxygen atoms in total. The van der Waals surface area contributed by atoms with E-state index in [1.807, 2.05) is 0 Å². The Balaban J connectivity index is 2.43. The Morgan fingerprint density at radius 2 is 1.94 bits per heavy atom. The smallest absolute Gasteiger partial charge is 0.283 e. The highest BCUT2D eigenvalue weighted by atomic mass is 35.5. The topological polar surface area (TPSA) is 63.5 Å². The molecule has 1 aliphatic rings. The SMILES string of the molecule is O=Cc1c(Cl)cc(N2CCCCC2)cc1[N+](=O)[O-]. The molecule has 18 heavy (non-hydrogen) atoms. The number of nitro groups is 1. The first-order valence-electron chi connectivity index (χ1n) is 5.81. The fourth-order valence-electron chi connectivity index (χ4n) is 2.19. The summed E-state index contributed by atoms with van der Waals surface area (Å²) in [6, 6.07) is 3.06. The Bertz CT molecular complexity index is 484. The largest absolute Gasteiger partial charge is 0.371 e. The molecule has 0 radical (unpaired) electrons. The van der Waals surface area contributed by atoms with Gasteiger partial charge in [0.1, 0.15) is 5.56 Å². The Kier molecular flexibility index (Phi) is 3.81. The van der Waals surface area contributed by atoms with Crippen molar-refractivity contribution in [3.05, 3.63) is 32.8 Å². The van der Waals surface area contributed by atoms with Gasteiger partial charge in [-0.15, -0.1) is 0 Å². The maximum atomic E-state index is 10.9. The summed E-state index contributed by atoms with van der Waals surface area (Å²) in [4.78, 5) is 23.3. The van der Waals surface area contributed by atoms with Crippen LogP contribution in [0.2, 0.25) is 5.02 Å². The van der Waals surface area contributed by atoms with Gasteiger partial charge in [-0.2, -0.15) is 0 Å². The van der Waals surface area contributed by atoms with Crippen LogP contribution in [0.4, 0.5) is 11.4 Å². The zero-order valence-electron chi connectivity index (χ0n) is 9.76. The molecule has 1 heterocycles. The molecule has 1 aliphatic heterocycles. The summed E-state index contributed by atoms with van der Waals surface area (Å²) >= 11 is 5.94. The highest BCUT2D eigenvalue weighted by Gasteiger charge is 2.21. The van der Waals surface area contributed by atoms with Crippen LogP contribution in [-0.2, 0) is 0 Å². The first-order chi connectivity index (χ1) is 8.63. The molecular formula is C12H13ClN2O3. The van der Waals surface area contributed by atoms with Gasteiger partial charge in [-0.05, 0) is 25.3 Å². The molecule has 0 saturated carbocycles. The van der Waals surface area contributed by atoms with E-state index in [0.29, 0.717) is 6.29 Å². The number of halogens is 1. The average molecular weight is 269 g/mol. The van der Waals surface area contributed by atoms with Gasteiger partial charge >= 0.3 is 0 Å². The summed E-state index contributed by atoms with van der Waals surface area (Å²) in [6.45, 7) is 1.74. The zero-order valence-corrected chi connectivity index (χ0v) is 10.5. The summed E-state index contributed by atoms with van der Waals surface area (Å²) in [6.07, 6.45) is 3.75. The van der Waals surface area contributed by atoms with Crippen LogP contribution in [0, 0.1) is 10.1 Å². The van der Waals surface area contributed by atoms with Gasteiger partial charge in [0.05, 0.1) is 9.95 Å². The van der Waals surface area contributed by atoms with E-state index in [-0.39, 0.29) is 16.3 Å². The second-order valence-corrected chi connectivity index (χ2v) is 4.69. The van der Waals surface area contributed by atoms with Crippen LogP contribution in [0.5, 0.6) is 0 Å². The Morgan fingerprint density at radius 1 is 1.28 bits per heavy atom. The number of aldehydes is 1. The number of anilines is 1. The van der Waals surface area contributed by atoms with E-state index in [1.54, 1.807) is 6.07 Å².